The molecule has 0 saturated carbocycles. The number of nitrogens with zero attached hydrogens (tertiary/aromatic N) is 2. The molecule has 0 radical (unpaired) electrons. The summed E-state index contributed by atoms with van der Waals surface area (Å²) in [5, 5.41) is 29.3. The molecular weight excluding hydrogens is 366 g/mol. The molecule has 0 atom stereocenters. The van der Waals surface area contributed by atoms with Crippen LogP contribution >= 0.6 is 0 Å². The fourth-order valence-corrected chi connectivity index (χ4v) is 3.29. The van der Waals surface area contributed by atoms with Crippen molar-refractivity contribution in [3.05, 3.63) is 77.7 Å². The molecule has 0 amide bonds. The maximum atomic E-state index is 9.59. The van der Waals surface area contributed by atoms with Gasteiger partial charge in [-0.25, -0.2) is 4.98 Å². The van der Waals surface area contributed by atoms with Gasteiger partial charge in [-0.2, -0.15) is 0 Å². The van der Waals surface area contributed by atoms with Crippen molar-refractivity contribution in [3.8, 4) is 23.0 Å². The third-order valence-corrected chi connectivity index (χ3v) is 4.74. The average molecular weight is 381 g/mol. The summed E-state index contributed by atoms with van der Waals surface area (Å²) in [4.78, 5) is 9.14. The molecule has 3 N–H and O–H groups in total. The van der Waals surface area contributed by atoms with E-state index in [1.165, 1.54) is 12.1 Å². The largest absolute Gasteiger partial charge is 0.504 e. The van der Waals surface area contributed by atoms with Crippen molar-refractivity contribution >= 4 is 33.8 Å². The molecule has 2 aliphatic rings. The lowest BCUT2D eigenvalue weighted by molar-refractivity contribution is 0.403. The second-order valence-corrected chi connectivity index (χ2v) is 6.69. The van der Waals surface area contributed by atoms with E-state index < -0.39 is 0 Å². The van der Waals surface area contributed by atoms with Crippen molar-refractivity contribution in [1.29, 1.82) is 5.41 Å². The Bertz CT molecular complexity index is 1450. The average Bonchev–Trinajstić information content (AvgIpc) is 2.73. The summed E-state index contributed by atoms with van der Waals surface area (Å²) in [5.41, 5.74) is 3.29. The summed E-state index contributed by atoms with van der Waals surface area (Å²) in [6.07, 6.45) is 1.59. The molecule has 0 aromatic heterocycles. The van der Waals surface area contributed by atoms with Gasteiger partial charge in [0.2, 0.25) is 0 Å². The predicted molar refractivity (Wildman–Crippen MR) is 111 cm³/mol. The van der Waals surface area contributed by atoms with Crippen molar-refractivity contribution in [2.24, 2.45) is 4.99 Å². The number of benzene rings is 4. The van der Waals surface area contributed by atoms with Crippen LogP contribution in [0.2, 0.25) is 0 Å². The molecule has 0 spiro atoms. The Morgan fingerprint density at radius 2 is 1.72 bits per heavy atom. The van der Waals surface area contributed by atoms with Gasteiger partial charge < -0.3 is 20.0 Å². The lowest BCUT2D eigenvalue weighted by atomic mass is 10.0. The third kappa shape index (κ3) is 2.96. The van der Waals surface area contributed by atoms with Crippen LogP contribution in [-0.2, 0) is 0 Å². The first-order chi connectivity index (χ1) is 14.1. The number of fused-ring (bicyclic) bond motifs is 4. The molecule has 1 aliphatic heterocycles. The van der Waals surface area contributed by atoms with Crippen LogP contribution < -0.4 is 5.36 Å². The van der Waals surface area contributed by atoms with E-state index in [4.69, 9.17) is 14.8 Å². The first-order valence-corrected chi connectivity index (χ1v) is 8.95. The molecule has 1 aliphatic carbocycles. The minimum absolute atomic E-state index is 0.175. The highest BCUT2D eigenvalue weighted by Crippen LogP contribution is 2.31. The number of aliphatic imine (C=N–C) groups is 1. The summed E-state index contributed by atoms with van der Waals surface area (Å²) < 4.78 is 6.03. The number of aromatic nitrogens is 1. The van der Waals surface area contributed by atoms with Gasteiger partial charge >= 0.3 is 0 Å². The third-order valence-electron chi connectivity index (χ3n) is 4.74. The van der Waals surface area contributed by atoms with Crippen LogP contribution in [0.25, 0.3) is 33.3 Å². The molecule has 0 fully saturated rings. The van der Waals surface area contributed by atoms with Crippen molar-refractivity contribution < 1.29 is 14.6 Å². The second kappa shape index (κ2) is 6.45. The van der Waals surface area contributed by atoms with Crippen LogP contribution in [0, 0.1) is 5.41 Å². The predicted octanol–water partition coefficient (Wildman–Crippen LogP) is 4.73. The van der Waals surface area contributed by atoms with Gasteiger partial charge in [-0.1, -0.05) is 24.3 Å². The van der Waals surface area contributed by atoms with Gasteiger partial charge in [-0.05, 0) is 35.9 Å². The minimum Gasteiger partial charge on any atom is -0.504 e. The van der Waals surface area contributed by atoms with Crippen molar-refractivity contribution in [2.45, 2.75) is 0 Å². The molecule has 140 valence electrons. The lowest BCUT2D eigenvalue weighted by Crippen LogP contribution is -2.03. The summed E-state index contributed by atoms with van der Waals surface area (Å²) >= 11 is 0. The molecule has 29 heavy (non-hydrogen) atoms. The Morgan fingerprint density at radius 3 is 2.55 bits per heavy atom. The topological polar surface area (TPSA) is 103 Å². The monoisotopic (exact) mass is 381 g/mol. The summed E-state index contributed by atoms with van der Waals surface area (Å²) in [7, 11) is 0. The molecule has 0 saturated heterocycles. The van der Waals surface area contributed by atoms with Crippen molar-refractivity contribution in [2.75, 3.05) is 0 Å². The standard InChI is InChI=1S/C23H15N3O3/c24-17-11-22-23(16-4-2-1-3-15(16)17)26-18-7-6-14(10-21(18)29-22)25-12-13-5-8-19(27)20(28)9-13/h1-12,24,27-28H. The molecule has 6 heteroatoms. The molecule has 5 rings (SSSR count). The summed E-state index contributed by atoms with van der Waals surface area (Å²) in [5.74, 6) is 0.174. The summed E-state index contributed by atoms with van der Waals surface area (Å²) in [6, 6.07) is 19.3. The molecular formula is C23H15N3O3. The molecule has 0 bridgehead atoms. The van der Waals surface area contributed by atoms with Gasteiger partial charge in [0.15, 0.2) is 22.8 Å². The Morgan fingerprint density at radius 1 is 0.897 bits per heavy atom. The molecule has 0 unspecified atom stereocenters. The van der Waals surface area contributed by atoms with Gasteiger partial charge in [-0.3, -0.25) is 4.99 Å². The van der Waals surface area contributed by atoms with Crippen LogP contribution in [0.15, 0.2) is 76.1 Å². The van der Waals surface area contributed by atoms with Gasteiger partial charge in [0.05, 0.1) is 11.0 Å². The van der Waals surface area contributed by atoms with E-state index in [0.717, 1.165) is 16.5 Å². The minimum atomic E-state index is -0.198. The van der Waals surface area contributed by atoms with Crippen LogP contribution in [-0.4, -0.2) is 21.4 Å². The fourth-order valence-electron chi connectivity index (χ4n) is 3.29. The van der Waals surface area contributed by atoms with Gasteiger partial charge in [0.25, 0.3) is 0 Å². The first-order valence-electron chi connectivity index (χ1n) is 8.95. The van der Waals surface area contributed by atoms with Crippen molar-refractivity contribution in [1.82, 2.24) is 4.98 Å². The Labute approximate surface area is 164 Å². The second-order valence-electron chi connectivity index (χ2n) is 6.69. The van der Waals surface area contributed by atoms with E-state index >= 15 is 0 Å². The number of hydrogen-bond donors (Lipinski definition) is 3. The maximum Gasteiger partial charge on any atom is 0.158 e. The van der Waals surface area contributed by atoms with E-state index in [1.807, 2.05) is 36.4 Å². The van der Waals surface area contributed by atoms with Crippen LogP contribution in [0.4, 0.5) is 5.69 Å². The normalized spacial score (nSPS) is 11.7. The molecule has 3 aromatic carbocycles. The van der Waals surface area contributed by atoms with Gasteiger partial charge in [-0.15, -0.1) is 0 Å². The number of phenols is 2. The molecule has 6 nitrogen and oxygen atoms in total. The number of hydrogen-bond acceptors (Lipinski definition) is 6. The highest BCUT2D eigenvalue weighted by atomic mass is 16.3. The zero-order valence-corrected chi connectivity index (χ0v) is 15.1. The number of rotatable bonds is 2. The number of nitrogens with one attached hydrogen (secondary N) is 1. The van der Waals surface area contributed by atoms with Crippen LogP contribution in [0.5, 0.6) is 11.5 Å². The first kappa shape index (κ1) is 16.9. The SMILES string of the molecule is N=c1cc2oc3cc(N=Cc4ccc(O)c(O)c4)ccc3nc-2c2ccccc12. The van der Waals surface area contributed by atoms with E-state index in [-0.39, 0.29) is 11.5 Å². The quantitative estimate of drug-likeness (QED) is 0.178. The Hall–Kier alpha value is -4.19. The Kier molecular flexibility index (Phi) is 3.77. The maximum absolute atomic E-state index is 9.59. The highest BCUT2D eigenvalue weighted by Gasteiger charge is 2.14. The smallest absolute Gasteiger partial charge is 0.158 e. The van der Waals surface area contributed by atoms with Gasteiger partial charge in [0, 0.05) is 29.1 Å². The highest BCUT2D eigenvalue weighted by molar-refractivity contribution is 5.96. The van der Waals surface area contributed by atoms with Crippen LogP contribution in [0.1, 0.15) is 5.56 Å². The van der Waals surface area contributed by atoms with E-state index in [2.05, 4.69) is 4.99 Å². The van der Waals surface area contributed by atoms with Gasteiger partial charge in [0.1, 0.15) is 11.2 Å². The molecule has 3 aromatic rings. The fraction of sp³-hybridized carbons (Fsp3) is 0. The van der Waals surface area contributed by atoms with Crippen molar-refractivity contribution in [3.63, 3.8) is 0 Å². The van der Waals surface area contributed by atoms with Crippen LogP contribution in [0.3, 0.4) is 0 Å². The zero-order valence-electron chi connectivity index (χ0n) is 15.1. The summed E-state index contributed by atoms with van der Waals surface area (Å²) in [6.45, 7) is 0. The number of aromatic hydroxyl groups is 2. The van der Waals surface area contributed by atoms with E-state index in [0.29, 0.717) is 33.5 Å². The van der Waals surface area contributed by atoms with E-state index in [1.54, 1.807) is 24.4 Å². The number of phenolic OH excluding ortho intramolecular Hbond substituents is 2. The molecule has 1 heterocycles. The zero-order chi connectivity index (χ0) is 20.0. The Balaban J connectivity index is 1.61. The lowest BCUT2D eigenvalue weighted by Gasteiger charge is -2.10. The van der Waals surface area contributed by atoms with E-state index in [9.17, 15) is 10.2 Å².